The van der Waals surface area contributed by atoms with Gasteiger partial charge in [-0.3, -0.25) is 9.59 Å². The lowest BCUT2D eigenvalue weighted by molar-refractivity contribution is -0.133. The van der Waals surface area contributed by atoms with Crippen LogP contribution in [-0.2, 0) is 9.59 Å². The van der Waals surface area contributed by atoms with Gasteiger partial charge in [-0.1, -0.05) is 31.9 Å². The predicted octanol–water partition coefficient (Wildman–Crippen LogP) is 2.84. The van der Waals surface area contributed by atoms with Crippen molar-refractivity contribution in [1.82, 2.24) is 4.90 Å². The zero-order valence-corrected chi connectivity index (χ0v) is 14.5. The third-order valence-corrected chi connectivity index (χ3v) is 5.31. The van der Waals surface area contributed by atoms with Crippen molar-refractivity contribution < 1.29 is 14.3 Å². The van der Waals surface area contributed by atoms with Crippen LogP contribution < -0.4 is 9.64 Å². The number of amides is 2. The maximum Gasteiger partial charge on any atom is 0.265 e. The van der Waals surface area contributed by atoms with Crippen LogP contribution in [-0.4, -0.2) is 43.0 Å². The Morgan fingerprint density at radius 1 is 1.29 bits per heavy atom. The van der Waals surface area contributed by atoms with Crippen LogP contribution in [0.15, 0.2) is 24.3 Å². The highest BCUT2D eigenvalue weighted by molar-refractivity contribution is 5.98. The van der Waals surface area contributed by atoms with E-state index in [4.69, 9.17) is 4.74 Å². The van der Waals surface area contributed by atoms with Crippen LogP contribution in [0.1, 0.15) is 39.0 Å². The normalized spacial score (nSPS) is 23.4. The lowest BCUT2D eigenvalue weighted by atomic mass is 9.85. The lowest BCUT2D eigenvalue weighted by Crippen LogP contribution is -2.45. The summed E-state index contributed by atoms with van der Waals surface area (Å²) in [6, 6.07) is 7.82. The molecule has 0 spiro atoms. The number of hydrogen-bond donors (Lipinski definition) is 0. The second-order valence-corrected chi connectivity index (χ2v) is 6.89. The van der Waals surface area contributed by atoms with Crippen LogP contribution in [0.2, 0.25) is 0 Å². The number of benzene rings is 1. The number of anilines is 1. The Balaban J connectivity index is 1.62. The number of carbonyl (C=O) groups excluding carboxylic acids is 2. The number of hydrogen-bond acceptors (Lipinski definition) is 3. The van der Waals surface area contributed by atoms with Crippen molar-refractivity contribution in [2.24, 2.45) is 5.92 Å². The summed E-state index contributed by atoms with van der Waals surface area (Å²) in [5.41, 5.74) is 0.759. The van der Waals surface area contributed by atoms with Gasteiger partial charge in [-0.25, -0.2) is 0 Å². The van der Waals surface area contributed by atoms with Gasteiger partial charge in [0.1, 0.15) is 5.75 Å². The number of nitrogens with zero attached hydrogens (tertiary/aromatic N) is 2. The van der Waals surface area contributed by atoms with Crippen molar-refractivity contribution in [3.05, 3.63) is 24.3 Å². The maximum atomic E-state index is 12.6. The molecule has 1 fully saturated rings. The smallest absolute Gasteiger partial charge is 0.265 e. The Morgan fingerprint density at radius 3 is 2.83 bits per heavy atom. The minimum Gasteiger partial charge on any atom is -0.482 e. The van der Waals surface area contributed by atoms with Gasteiger partial charge in [0.2, 0.25) is 5.91 Å². The summed E-state index contributed by atoms with van der Waals surface area (Å²) in [6.45, 7) is 2.68. The first-order valence-electron chi connectivity index (χ1n) is 8.86. The molecule has 1 aliphatic heterocycles. The fourth-order valence-electron chi connectivity index (χ4n) is 3.84. The fraction of sp³-hybridized carbons (Fsp3) is 0.579. The average molecular weight is 330 g/mol. The van der Waals surface area contributed by atoms with Gasteiger partial charge < -0.3 is 14.5 Å². The number of fused-ring (bicyclic) bond motifs is 1. The van der Waals surface area contributed by atoms with Gasteiger partial charge in [0.05, 0.1) is 5.69 Å². The van der Waals surface area contributed by atoms with Crippen molar-refractivity contribution in [1.29, 1.82) is 0 Å². The summed E-state index contributed by atoms with van der Waals surface area (Å²) in [6.07, 6.45) is 5.08. The Morgan fingerprint density at radius 2 is 2.04 bits per heavy atom. The fourth-order valence-corrected chi connectivity index (χ4v) is 3.84. The molecule has 0 aromatic heterocycles. The zero-order valence-electron chi connectivity index (χ0n) is 14.5. The summed E-state index contributed by atoms with van der Waals surface area (Å²) in [7, 11) is 1.91. The monoisotopic (exact) mass is 330 g/mol. The van der Waals surface area contributed by atoms with Gasteiger partial charge in [-0.2, -0.15) is 0 Å². The van der Waals surface area contributed by atoms with Crippen molar-refractivity contribution >= 4 is 17.5 Å². The van der Waals surface area contributed by atoms with E-state index < -0.39 is 0 Å². The third-order valence-electron chi connectivity index (χ3n) is 5.31. The highest BCUT2D eigenvalue weighted by atomic mass is 16.5. The lowest BCUT2D eigenvalue weighted by Gasteiger charge is -2.37. The van der Waals surface area contributed by atoms with Gasteiger partial charge in [-0.15, -0.1) is 0 Å². The third kappa shape index (κ3) is 3.40. The second-order valence-electron chi connectivity index (χ2n) is 6.89. The molecule has 2 aliphatic rings. The van der Waals surface area contributed by atoms with Crippen LogP contribution >= 0.6 is 0 Å². The molecule has 2 amide bonds. The molecule has 1 saturated carbocycles. The molecular weight excluding hydrogens is 304 g/mol. The van der Waals surface area contributed by atoms with Crippen molar-refractivity contribution in [3.63, 3.8) is 0 Å². The zero-order chi connectivity index (χ0) is 17.1. The molecule has 5 heteroatoms. The van der Waals surface area contributed by atoms with Crippen LogP contribution in [0.25, 0.3) is 0 Å². The molecule has 1 aliphatic carbocycles. The van der Waals surface area contributed by atoms with Crippen LogP contribution in [0.4, 0.5) is 5.69 Å². The quantitative estimate of drug-likeness (QED) is 0.853. The Bertz CT molecular complexity index is 616. The Kier molecular flexibility index (Phi) is 5.07. The van der Waals surface area contributed by atoms with Gasteiger partial charge in [0.25, 0.3) is 5.91 Å². The summed E-state index contributed by atoms with van der Waals surface area (Å²) < 4.78 is 5.44. The van der Waals surface area contributed by atoms with E-state index >= 15 is 0 Å². The largest absolute Gasteiger partial charge is 0.482 e. The molecule has 5 nitrogen and oxygen atoms in total. The van der Waals surface area contributed by atoms with E-state index in [1.165, 1.54) is 19.3 Å². The van der Waals surface area contributed by atoms with E-state index in [0.29, 0.717) is 30.7 Å². The summed E-state index contributed by atoms with van der Waals surface area (Å²) in [5.74, 6) is 1.29. The van der Waals surface area contributed by atoms with E-state index in [0.717, 1.165) is 12.1 Å². The molecule has 1 aromatic rings. The van der Waals surface area contributed by atoms with E-state index in [2.05, 4.69) is 6.92 Å². The first kappa shape index (κ1) is 16.8. The van der Waals surface area contributed by atoms with Crippen molar-refractivity contribution in [2.45, 2.75) is 45.1 Å². The molecule has 0 N–H and O–H groups in total. The molecule has 0 saturated heterocycles. The Labute approximate surface area is 143 Å². The summed E-state index contributed by atoms with van der Waals surface area (Å²) in [5, 5.41) is 0. The molecular formula is C19H26N2O3. The topological polar surface area (TPSA) is 49.9 Å². The molecule has 2 unspecified atom stereocenters. The van der Waals surface area contributed by atoms with Gasteiger partial charge >= 0.3 is 0 Å². The van der Waals surface area contributed by atoms with Crippen LogP contribution in [0.5, 0.6) is 5.75 Å². The summed E-state index contributed by atoms with van der Waals surface area (Å²) >= 11 is 0. The number of ether oxygens (including phenoxy) is 1. The standard InChI is InChI=1S/C19H26N2O3/c1-14-7-3-4-8-15(14)20(2)18(22)11-12-21-16-9-5-6-10-17(16)24-13-19(21)23/h5-6,9-10,14-15H,3-4,7-8,11-13H2,1-2H3. The highest BCUT2D eigenvalue weighted by Gasteiger charge is 2.29. The van der Waals surface area contributed by atoms with E-state index in [1.54, 1.807) is 4.90 Å². The first-order chi connectivity index (χ1) is 11.6. The number of carbonyl (C=O) groups is 2. The maximum absolute atomic E-state index is 12.6. The minimum atomic E-state index is -0.0878. The number of rotatable bonds is 4. The molecule has 0 radical (unpaired) electrons. The van der Waals surface area contributed by atoms with Gasteiger partial charge in [0.15, 0.2) is 6.61 Å². The van der Waals surface area contributed by atoms with Gasteiger partial charge in [-0.05, 0) is 30.9 Å². The molecule has 24 heavy (non-hydrogen) atoms. The molecule has 0 bridgehead atoms. The molecule has 1 heterocycles. The van der Waals surface area contributed by atoms with Crippen LogP contribution in [0, 0.1) is 5.92 Å². The van der Waals surface area contributed by atoms with Gasteiger partial charge in [0, 0.05) is 26.1 Å². The molecule has 1 aromatic carbocycles. The molecule has 3 rings (SSSR count). The van der Waals surface area contributed by atoms with E-state index in [9.17, 15) is 9.59 Å². The molecule has 2 atom stereocenters. The van der Waals surface area contributed by atoms with Crippen molar-refractivity contribution in [2.75, 3.05) is 25.1 Å². The second kappa shape index (κ2) is 7.24. The average Bonchev–Trinajstić information content (AvgIpc) is 2.60. The van der Waals surface area contributed by atoms with Crippen molar-refractivity contribution in [3.8, 4) is 5.75 Å². The predicted molar refractivity (Wildman–Crippen MR) is 93.1 cm³/mol. The first-order valence-corrected chi connectivity index (χ1v) is 8.86. The minimum absolute atomic E-state index is 0.0424. The van der Waals surface area contributed by atoms with Crippen LogP contribution in [0.3, 0.4) is 0 Å². The highest BCUT2D eigenvalue weighted by Crippen LogP contribution is 2.32. The van der Waals surface area contributed by atoms with E-state index in [1.807, 2.05) is 36.2 Å². The number of para-hydroxylation sites is 2. The summed E-state index contributed by atoms with van der Waals surface area (Å²) in [4.78, 5) is 28.4. The SMILES string of the molecule is CC1CCCCC1N(C)C(=O)CCN1C(=O)COc2ccccc21. The Hall–Kier alpha value is -2.04. The molecule has 130 valence electrons. The van der Waals surface area contributed by atoms with E-state index in [-0.39, 0.29) is 18.4 Å².